The van der Waals surface area contributed by atoms with Crippen LogP contribution >= 0.6 is 23.5 Å². The zero-order valence-electron chi connectivity index (χ0n) is 9.41. The lowest BCUT2D eigenvalue weighted by Gasteiger charge is -1.99. The van der Waals surface area contributed by atoms with E-state index in [1.807, 2.05) is 18.6 Å². The van der Waals surface area contributed by atoms with Crippen LogP contribution < -0.4 is 0 Å². The molecule has 0 saturated heterocycles. The number of thioether (sulfide) groups is 2. The molecule has 0 aliphatic heterocycles. The van der Waals surface area contributed by atoms with Gasteiger partial charge in [0.1, 0.15) is 16.4 Å². The Balaban J connectivity index is 2.32. The summed E-state index contributed by atoms with van der Waals surface area (Å²) >= 11 is 3.19. The van der Waals surface area contributed by atoms with Gasteiger partial charge in [-0.15, -0.1) is 23.5 Å². The van der Waals surface area contributed by atoms with Crippen molar-refractivity contribution in [3.8, 4) is 11.5 Å². The highest BCUT2D eigenvalue weighted by Crippen LogP contribution is 2.20. The van der Waals surface area contributed by atoms with Crippen LogP contribution in [0.25, 0.3) is 11.5 Å². The molecule has 5 nitrogen and oxygen atoms in total. The number of aromatic amines is 1. The lowest BCUT2D eigenvalue weighted by atomic mass is 10.4. The highest BCUT2D eigenvalue weighted by atomic mass is 32.2. The molecular weight excluding hydrogens is 254 g/mol. The van der Waals surface area contributed by atoms with Gasteiger partial charge >= 0.3 is 0 Å². The van der Waals surface area contributed by atoms with Gasteiger partial charge in [0.05, 0.1) is 0 Å². The summed E-state index contributed by atoms with van der Waals surface area (Å²) in [6, 6.07) is 1.81. The quantitative estimate of drug-likeness (QED) is 0.667. The number of aliphatic imine (C=N–C) groups is 1. The Morgan fingerprint density at radius 1 is 1.24 bits per heavy atom. The van der Waals surface area contributed by atoms with Gasteiger partial charge in [-0.05, 0) is 12.5 Å². The van der Waals surface area contributed by atoms with Crippen LogP contribution in [0.15, 0.2) is 29.8 Å². The highest BCUT2D eigenvalue weighted by Gasteiger charge is 2.04. The average molecular weight is 265 g/mol. The normalized spacial score (nSPS) is 10.2. The third kappa shape index (κ3) is 3.07. The Bertz CT molecular complexity index is 503. The number of aromatic nitrogens is 4. The number of nitrogens with zero attached hydrogens (tertiary/aromatic N) is 4. The molecule has 0 amide bonds. The van der Waals surface area contributed by atoms with Crippen LogP contribution in [0.5, 0.6) is 0 Å². The second-order valence-corrected chi connectivity index (χ2v) is 4.83. The fraction of sp³-hybridized carbons (Fsp3) is 0.200. The molecule has 2 aromatic heterocycles. The molecule has 7 heteroatoms. The molecule has 0 aliphatic rings. The molecule has 0 unspecified atom stereocenters. The topological polar surface area (TPSA) is 66.8 Å². The van der Waals surface area contributed by atoms with Crippen molar-refractivity contribution in [3.05, 3.63) is 24.8 Å². The molecule has 0 spiro atoms. The van der Waals surface area contributed by atoms with Crippen molar-refractivity contribution < 1.29 is 0 Å². The first-order valence-electron chi connectivity index (χ1n) is 4.82. The predicted octanol–water partition coefficient (Wildman–Crippen LogP) is 2.58. The van der Waals surface area contributed by atoms with Gasteiger partial charge < -0.3 is 4.98 Å². The summed E-state index contributed by atoms with van der Waals surface area (Å²) in [6.45, 7) is 0. The van der Waals surface area contributed by atoms with E-state index >= 15 is 0 Å². The van der Waals surface area contributed by atoms with E-state index in [2.05, 4.69) is 24.9 Å². The van der Waals surface area contributed by atoms with Gasteiger partial charge in [-0.2, -0.15) is 0 Å². The Morgan fingerprint density at radius 3 is 2.71 bits per heavy atom. The predicted molar refractivity (Wildman–Crippen MR) is 73.7 cm³/mol. The van der Waals surface area contributed by atoms with E-state index in [0.717, 1.165) is 15.9 Å². The van der Waals surface area contributed by atoms with Gasteiger partial charge in [0.25, 0.3) is 0 Å². The van der Waals surface area contributed by atoms with Crippen LogP contribution in [0.3, 0.4) is 0 Å². The summed E-state index contributed by atoms with van der Waals surface area (Å²) < 4.78 is 0.967. The molecule has 88 valence electrons. The number of imidazole rings is 1. The van der Waals surface area contributed by atoms with Crippen LogP contribution in [0.1, 0.15) is 0 Å². The number of nitrogens with one attached hydrogen (secondary N) is 1. The second-order valence-electron chi connectivity index (χ2n) is 2.99. The third-order valence-corrected chi connectivity index (χ3v) is 3.83. The Labute approximate surface area is 108 Å². The number of hydrogen-bond acceptors (Lipinski definition) is 6. The van der Waals surface area contributed by atoms with Gasteiger partial charge in [0.15, 0.2) is 11.6 Å². The maximum Gasteiger partial charge on any atom is 0.157 e. The number of hydrogen-bond donors (Lipinski definition) is 1. The molecule has 17 heavy (non-hydrogen) atoms. The van der Waals surface area contributed by atoms with Gasteiger partial charge in [-0.25, -0.2) is 19.9 Å². The standard InChI is InChI=1S/C10H11N5S2/c1-16-10(17-2)15-8-5-7(13-6-14-8)9-11-3-4-12-9/h3-6H,1-2H3,(H,11,12). The van der Waals surface area contributed by atoms with E-state index in [0.29, 0.717) is 5.82 Å². The van der Waals surface area contributed by atoms with Crippen molar-refractivity contribution in [2.24, 2.45) is 4.99 Å². The minimum absolute atomic E-state index is 0.644. The molecule has 0 atom stereocenters. The van der Waals surface area contributed by atoms with E-state index in [9.17, 15) is 0 Å². The minimum atomic E-state index is 0.644. The minimum Gasteiger partial charge on any atom is -0.343 e. The number of rotatable bonds is 2. The first-order chi connectivity index (χ1) is 8.33. The van der Waals surface area contributed by atoms with Gasteiger partial charge in [0.2, 0.25) is 0 Å². The molecule has 2 aromatic rings. The highest BCUT2D eigenvalue weighted by molar-refractivity contribution is 8.38. The Morgan fingerprint density at radius 2 is 2.06 bits per heavy atom. The summed E-state index contributed by atoms with van der Waals surface area (Å²) in [6.07, 6.45) is 8.92. The summed E-state index contributed by atoms with van der Waals surface area (Å²) in [7, 11) is 0. The zero-order chi connectivity index (χ0) is 12.1. The van der Waals surface area contributed by atoms with Crippen molar-refractivity contribution in [1.82, 2.24) is 19.9 Å². The van der Waals surface area contributed by atoms with Crippen LogP contribution in [-0.2, 0) is 0 Å². The molecule has 1 N–H and O–H groups in total. The summed E-state index contributed by atoms with van der Waals surface area (Å²) in [4.78, 5) is 19.8. The summed E-state index contributed by atoms with van der Waals surface area (Å²) in [5.41, 5.74) is 0.741. The molecular formula is C10H11N5S2. The molecule has 0 saturated carbocycles. The van der Waals surface area contributed by atoms with Crippen molar-refractivity contribution >= 4 is 33.7 Å². The molecule has 0 radical (unpaired) electrons. The van der Waals surface area contributed by atoms with E-state index in [4.69, 9.17) is 0 Å². The van der Waals surface area contributed by atoms with Crippen LogP contribution in [0, 0.1) is 0 Å². The van der Waals surface area contributed by atoms with Gasteiger partial charge in [-0.1, -0.05) is 0 Å². The van der Waals surface area contributed by atoms with Gasteiger partial charge in [0, 0.05) is 18.5 Å². The summed E-state index contributed by atoms with van der Waals surface area (Å²) in [5.74, 6) is 1.36. The van der Waals surface area contributed by atoms with E-state index < -0.39 is 0 Å². The van der Waals surface area contributed by atoms with E-state index in [1.165, 1.54) is 6.33 Å². The van der Waals surface area contributed by atoms with E-state index in [1.54, 1.807) is 35.9 Å². The Kier molecular flexibility index (Phi) is 4.16. The van der Waals surface area contributed by atoms with Crippen molar-refractivity contribution in [2.45, 2.75) is 0 Å². The fourth-order valence-corrected chi connectivity index (χ4v) is 2.25. The van der Waals surface area contributed by atoms with Crippen LogP contribution in [0.4, 0.5) is 5.82 Å². The first kappa shape index (κ1) is 12.1. The zero-order valence-corrected chi connectivity index (χ0v) is 11.0. The van der Waals surface area contributed by atoms with E-state index in [-0.39, 0.29) is 0 Å². The average Bonchev–Trinajstić information content (AvgIpc) is 2.90. The van der Waals surface area contributed by atoms with Crippen molar-refractivity contribution in [2.75, 3.05) is 12.5 Å². The monoisotopic (exact) mass is 265 g/mol. The van der Waals surface area contributed by atoms with Crippen LogP contribution in [-0.4, -0.2) is 36.8 Å². The SMILES string of the molecule is CSC(=Nc1cc(-c2ncc[nH]2)ncn1)SC. The van der Waals surface area contributed by atoms with Crippen molar-refractivity contribution in [3.63, 3.8) is 0 Å². The number of H-pyrrole nitrogens is 1. The molecule has 2 rings (SSSR count). The van der Waals surface area contributed by atoms with Crippen molar-refractivity contribution in [1.29, 1.82) is 0 Å². The Hall–Kier alpha value is -1.34. The lowest BCUT2D eigenvalue weighted by molar-refractivity contribution is 1.13. The molecule has 2 heterocycles. The maximum atomic E-state index is 4.42. The first-order valence-corrected chi connectivity index (χ1v) is 7.27. The molecule has 0 aliphatic carbocycles. The lowest BCUT2D eigenvalue weighted by Crippen LogP contribution is -1.88. The smallest absolute Gasteiger partial charge is 0.157 e. The second kappa shape index (κ2) is 5.83. The molecule has 0 fully saturated rings. The van der Waals surface area contributed by atoms with Gasteiger partial charge in [-0.3, -0.25) is 0 Å². The largest absolute Gasteiger partial charge is 0.343 e. The third-order valence-electron chi connectivity index (χ3n) is 1.95. The summed E-state index contributed by atoms with van der Waals surface area (Å²) in [5, 5.41) is 0. The maximum absolute atomic E-state index is 4.42. The fourth-order valence-electron chi connectivity index (χ4n) is 1.21. The molecule has 0 bridgehead atoms. The molecule has 0 aromatic carbocycles. The van der Waals surface area contributed by atoms with Crippen LogP contribution in [0.2, 0.25) is 0 Å².